The van der Waals surface area contributed by atoms with Gasteiger partial charge in [0, 0.05) is 11.6 Å². The Hall–Kier alpha value is -1.26. The van der Waals surface area contributed by atoms with E-state index >= 15 is 0 Å². The molecule has 0 aliphatic heterocycles. The van der Waals surface area contributed by atoms with E-state index in [1.54, 1.807) is 6.07 Å². The Labute approximate surface area is 98.7 Å². The maximum absolute atomic E-state index is 10.9. The van der Waals surface area contributed by atoms with E-state index in [-0.39, 0.29) is 5.56 Å². The van der Waals surface area contributed by atoms with E-state index in [1.807, 2.05) is 6.92 Å². The van der Waals surface area contributed by atoms with Crippen molar-refractivity contribution in [1.29, 1.82) is 0 Å². The standard InChI is InChI=1S/C11H13ClO4/c1-2-15-5-6-16-10-4-3-8(12)7-9(10)11(13)14/h3-4,7H,2,5-6H2,1H3,(H,13,14). The first kappa shape index (κ1) is 12.8. The van der Waals surface area contributed by atoms with E-state index in [9.17, 15) is 4.79 Å². The maximum Gasteiger partial charge on any atom is 0.339 e. The van der Waals surface area contributed by atoms with Crippen LogP contribution in [0.5, 0.6) is 5.75 Å². The van der Waals surface area contributed by atoms with E-state index < -0.39 is 5.97 Å². The van der Waals surface area contributed by atoms with Crippen molar-refractivity contribution in [2.75, 3.05) is 19.8 Å². The monoisotopic (exact) mass is 244 g/mol. The number of carbonyl (C=O) groups is 1. The number of rotatable bonds is 6. The number of halogens is 1. The minimum Gasteiger partial charge on any atom is -0.490 e. The summed E-state index contributed by atoms with van der Waals surface area (Å²) in [6.07, 6.45) is 0. The second kappa shape index (κ2) is 6.35. The molecule has 0 atom stereocenters. The summed E-state index contributed by atoms with van der Waals surface area (Å²) in [7, 11) is 0. The van der Waals surface area contributed by atoms with Crippen LogP contribution in [0.25, 0.3) is 0 Å². The summed E-state index contributed by atoms with van der Waals surface area (Å²) in [6, 6.07) is 4.49. The molecule has 4 nitrogen and oxygen atoms in total. The predicted octanol–water partition coefficient (Wildman–Crippen LogP) is 2.45. The second-order valence-electron chi connectivity index (χ2n) is 2.99. The van der Waals surface area contributed by atoms with Crippen molar-refractivity contribution >= 4 is 17.6 Å². The molecule has 0 saturated heterocycles. The van der Waals surface area contributed by atoms with Gasteiger partial charge in [-0.05, 0) is 25.1 Å². The van der Waals surface area contributed by atoms with Gasteiger partial charge in [-0.15, -0.1) is 0 Å². The van der Waals surface area contributed by atoms with Gasteiger partial charge in [0.15, 0.2) is 0 Å². The van der Waals surface area contributed by atoms with E-state index in [1.165, 1.54) is 12.1 Å². The van der Waals surface area contributed by atoms with Gasteiger partial charge in [-0.25, -0.2) is 4.79 Å². The van der Waals surface area contributed by atoms with E-state index in [4.69, 9.17) is 26.2 Å². The maximum atomic E-state index is 10.9. The van der Waals surface area contributed by atoms with E-state index in [0.717, 1.165) is 0 Å². The zero-order valence-corrected chi connectivity index (χ0v) is 9.66. The number of carboxylic acid groups (broad SMARTS) is 1. The first-order valence-corrected chi connectivity index (χ1v) is 5.26. The summed E-state index contributed by atoms with van der Waals surface area (Å²) >= 11 is 5.70. The zero-order chi connectivity index (χ0) is 12.0. The van der Waals surface area contributed by atoms with Crippen LogP contribution in [0.15, 0.2) is 18.2 Å². The Bertz CT molecular complexity index is 365. The third kappa shape index (κ3) is 3.72. The van der Waals surface area contributed by atoms with Crippen molar-refractivity contribution in [2.45, 2.75) is 6.92 Å². The number of ether oxygens (including phenoxy) is 2. The van der Waals surface area contributed by atoms with Crippen LogP contribution in [-0.4, -0.2) is 30.9 Å². The lowest BCUT2D eigenvalue weighted by molar-refractivity contribution is 0.0687. The molecule has 0 aliphatic rings. The van der Waals surface area contributed by atoms with Crippen molar-refractivity contribution < 1.29 is 19.4 Å². The largest absolute Gasteiger partial charge is 0.490 e. The zero-order valence-electron chi connectivity index (χ0n) is 8.90. The molecule has 0 radical (unpaired) electrons. The van der Waals surface area contributed by atoms with Crippen molar-refractivity contribution in [1.82, 2.24) is 0 Å². The Morgan fingerprint density at radius 1 is 1.44 bits per heavy atom. The second-order valence-corrected chi connectivity index (χ2v) is 3.43. The van der Waals surface area contributed by atoms with E-state index in [2.05, 4.69) is 0 Å². The molecule has 0 amide bonds. The molecule has 0 heterocycles. The summed E-state index contributed by atoms with van der Waals surface area (Å²) in [4.78, 5) is 10.9. The molecule has 0 saturated carbocycles. The van der Waals surface area contributed by atoms with Crippen LogP contribution in [0.2, 0.25) is 5.02 Å². The molecular weight excluding hydrogens is 232 g/mol. The number of hydrogen-bond donors (Lipinski definition) is 1. The van der Waals surface area contributed by atoms with Gasteiger partial charge in [0.25, 0.3) is 0 Å². The highest BCUT2D eigenvalue weighted by molar-refractivity contribution is 6.31. The lowest BCUT2D eigenvalue weighted by Gasteiger charge is -2.09. The van der Waals surface area contributed by atoms with Crippen LogP contribution in [0.1, 0.15) is 17.3 Å². The van der Waals surface area contributed by atoms with Gasteiger partial charge in [0.05, 0.1) is 6.61 Å². The minimum atomic E-state index is -1.06. The molecule has 1 aromatic carbocycles. The molecule has 0 bridgehead atoms. The van der Waals surface area contributed by atoms with Crippen molar-refractivity contribution in [3.05, 3.63) is 28.8 Å². The smallest absolute Gasteiger partial charge is 0.339 e. The first-order chi connectivity index (χ1) is 7.65. The van der Waals surface area contributed by atoms with Crippen LogP contribution in [-0.2, 0) is 4.74 Å². The molecular formula is C11H13ClO4. The average molecular weight is 245 g/mol. The fourth-order valence-corrected chi connectivity index (χ4v) is 1.32. The Morgan fingerprint density at radius 3 is 2.81 bits per heavy atom. The summed E-state index contributed by atoms with van der Waals surface area (Å²) in [5.41, 5.74) is 0.0593. The third-order valence-electron chi connectivity index (χ3n) is 1.86. The number of carboxylic acids is 1. The normalized spacial score (nSPS) is 10.1. The van der Waals surface area contributed by atoms with Crippen LogP contribution in [0.4, 0.5) is 0 Å². The fourth-order valence-electron chi connectivity index (χ4n) is 1.15. The first-order valence-electron chi connectivity index (χ1n) is 4.88. The lowest BCUT2D eigenvalue weighted by atomic mass is 10.2. The molecule has 1 rings (SSSR count). The van der Waals surface area contributed by atoms with E-state index in [0.29, 0.717) is 30.6 Å². The Morgan fingerprint density at radius 2 is 2.19 bits per heavy atom. The molecule has 1 N–H and O–H groups in total. The van der Waals surface area contributed by atoms with Gasteiger partial charge >= 0.3 is 5.97 Å². The van der Waals surface area contributed by atoms with Crippen LogP contribution in [0, 0.1) is 0 Å². The fraction of sp³-hybridized carbons (Fsp3) is 0.364. The topological polar surface area (TPSA) is 55.8 Å². The van der Waals surface area contributed by atoms with Crippen molar-refractivity contribution in [2.24, 2.45) is 0 Å². The third-order valence-corrected chi connectivity index (χ3v) is 2.10. The SMILES string of the molecule is CCOCCOc1ccc(Cl)cc1C(=O)O. The van der Waals surface area contributed by atoms with Gasteiger partial charge in [-0.3, -0.25) is 0 Å². The summed E-state index contributed by atoms with van der Waals surface area (Å²) in [5, 5.41) is 9.29. The van der Waals surface area contributed by atoms with Crippen LogP contribution < -0.4 is 4.74 Å². The molecule has 0 aliphatic carbocycles. The summed E-state index contributed by atoms with van der Waals surface area (Å²) in [5.74, 6) is -0.759. The molecule has 0 fully saturated rings. The quantitative estimate of drug-likeness (QED) is 0.781. The highest BCUT2D eigenvalue weighted by atomic mass is 35.5. The van der Waals surface area contributed by atoms with Crippen molar-refractivity contribution in [3.63, 3.8) is 0 Å². The van der Waals surface area contributed by atoms with Crippen molar-refractivity contribution in [3.8, 4) is 5.75 Å². The van der Waals surface area contributed by atoms with Crippen LogP contribution in [0.3, 0.4) is 0 Å². The summed E-state index contributed by atoms with van der Waals surface area (Å²) in [6.45, 7) is 3.23. The van der Waals surface area contributed by atoms with Gasteiger partial charge in [-0.1, -0.05) is 11.6 Å². The van der Waals surface area contributed by atoms with Gasteiger partial charge < -0.3 is 14.6 Å². The molecule has 88 valence electrons. The molecule has 1 aromatic rings. The molecule has 0 unspecified atom stereocenters. The van der Waals surface area contributed by atoms with Gasteiger partial charge in [-0.2, -0.15) is 0 Å². The Kier molecular flexibility index (Phi) is 5.08. The lowest BCUT2D eigenvalue weighted by Crippen LogP contribution is -2.09. The van der Waals surface area contributed by atoms with Gasteiger partial charge in [0.1, 0.15) is 17.9 Å². The average Bonchev–Trinajstić information content (AvgIpc) is 2.26. The van der Waals surface area contributed by atoms with Crippen LogP contribution >= 0.6 is 11.6 Å². The summed E-state index contributed by atoms with van der Waals surface area (Å²) < 4.78 is 10.4. The molecule has 0 aromatic heterocycles. The number of benzene rings is 1. The highest BCUT2D eigenvalue weighted by Gasteiger charge is 2.11. The Balaban J connectivity index is 2.67. The van der Waals surface area contributed by atoms with Gasteiger partial charge in [0.2, 0.25) is 0 Å². The number of hydrogen-bond acceptors (Lipinski definition) is 3. The molecule has 5 heteroatoms. The molecule has 16 heavy (non-hydrogen) atoms. The predicted molar refractivity (Wildman–Crippen MR) is 60.4 cm³/mol. The molecule has 0 spiro atoms. The minimum absolute atomic E-state index is 0.0593. The number of aromatic carboxylic acids is 1. The highest BCUT2D eigenvalue weighted by Crippen LogP contribution is 2.22.